The van der Waals surface area contributed by atoms with Crippen molar-refractivity contribution < 1.29 is 4.39 Å². The predicted octanol–water partition coefficient (Wildman–Crippen LogP) is 2.91. The van der Waals surface area contributed by atoms with Gasteiger partial charge in [0.05, 0.1) is 23.1 Å². The van der Waals surface area contributed by atoms with E-state index >= 15 is 0 Å². The summed E-state index contributed by atoms with van der Waals surface area (Å²) < 4.78 is 13.7. The van der Waals surface area contributed by atoms with Crippen molar-refractivity contribution in [2.75, 3.05) is 5.32 Å². The quantitative estimate of drug-likeness (QED) is 0.834. The lowest BCUT2D eigenvalue weighted by Gasteiger charge is -2.13. The fourth-order valence-corrected chi connectivity index (χ4v) is 1.83. The highest BCUT2D eigenvalue weighted by Crippen LogP contribution is 2.24. The molecule has 18 heavy (non-hydrogen) atoms. The highest BCUT2D eigenvalue weighted by Gasteiger charge is 2.11. The van der Waals surface area contributed by atoms with E-state index in [1.807, 2.05) is 13.0 Å². The predicted molar refractivity (Wildman–Crippen MR) is 74.5 cm³/mol. The van der Waals surface area contributed by atoms with Gasteiger partial charge < -0.3 is 11.1 Å². The van der Waals surface area contributed by atoms with Crippen LogP contribution in [0.5, 0.6) is 0 Å². The molecule has 0 amide bonds. The Bertz CT molecular complexity index is 599. The van der Waals surface area contributed by atoms with Crippen molar-refractivity contribution in [3.05, 3.63) is 53.6 Å². The molecule has 3 nitrogen and oxygen atoms in total. The number of hydrogen-bond donors (Lipinski definition) is 2. The van der Waals surface area contributed by atoms with Gasteiger partial charge in [0, 0.05) is 6.20 Å². The lowest BCUT2D eigenvalue weighted by molar-refractivity contribution is 0.626. The summed E-state index contributed by atoms with van der Waals surface area (Å²) in [7, 11) is 0. The Balaban J connectivity index is 2.44. The average molecular weight is 261 g/mol. The molecule has 5 heteroatoms. The maximum absolute atomic E-state index is 13.7. The van der Waals surface area contributed by atoms with E-state index in [1.165, 1.54) is 6.07 Å². The van der Waals surface area contributed by atoms with Crippen LogP contribution in [0, 0.1) is 12.7 Å². The van der Waals surface area contributed by atoms with Crippen LogP contribution in [0.2, 0.25) is 0 Å². The van der Waals surface area contributed by atoms with E-state index in [9.17, 15) is 4.39 Å². The minimum absolute atomic E-state index is 0.0251. The first-order valence-corrected chi connectivity index (χ1v) is 5.76. The molecule has 92 valence electrons. The molecular formula is C13H12FN3S. The molecule has 1 aromatic carbocycles. The Morgan fingerprint density at radius 1 is 1.33 bits per heavy atom. The molecule has 0 aliphatic rings. The lowest BCUT2D eigenvalue weighted by atomic mass is 10.1. The third kappa shape index (κ3) is 2.46. The molecule has 2 rings (SSSR count). The van der Waals surface area contributed by atoms with Gasteiger partial charge in [-0.25, -0.2) is 4.39 Å². The Morgan fingerprint density at radius 2 is 2.11 bits per heavy atom. The van der Waals surface area contributed by atoms with Gasteiger partial charge in [0.25, 0.3) is 0 Å². The van der Waals surface area contributed by atoms with Crippen LogP contribution in [0.15, 0.2) is 36.7 Å². The Kier molecular flexibility index (Phi) is 3.53. The third-order valence-corrected chi connectivity index (χ3v) is 2.77. The molecule has 2 aromatic rings. The van der Waals surface area contributed by atoms with Gasteiger partial charge in [-0.2, -0.15) is 0 Å². The highest BCUT2D eigenvalue weighted by atomic mass is 32.1. The molecule has 0 bridgehead atoms. The molecule has 0 saturated heterocycles. The summed E-state index contributed by atoms with van der Waals surface area (Å²) in [4.78, 5) is 4.04. The van der Waals surface area contributed by atoms with Gasteiger partial charge in [-0.05, 0) is 30.7 Å². The van der Waals surface area contributed by atoms with E-state index in [-0.39, 0.29) is 10.6 Å². The van der Waals surface area contributed by atoms with Crippen molar-refractivity contribution in [2.45, 2.75) is 6.92 Å². The number of thiocarbonyl (C=S) groups is 1. The molecule has 0 atom stereocenters. The number of nitrogens with one attached hydrogen (secondary N) is 1. The van der Waals surface area contributed by atoms with E-state index in [4.69, 9.17) is 18.0 Å². The van der Waals surface area contributed by atoms with Gasteiger partial charge in [0.1, 0.15) is 10.8 Å². The second-order valence-electron chi connectivity index (χ2n) is 3.84. The Labute approximate surface area is 110 Å². The molecule has 0 fully saturated rings. The zero-order valence-corrected chi connectivity index (χ0v) is 10.6. The summed E-state index contributed by atoms with van der Waals surface area (Å²) in [5.74, 6) is -0.436. The number of pyridine rings is 1. The van der Waals surface area contributed by atoms with E-state index in [0.717, 1.165) is 11.3 Å². The molecule has 1 heterocycles. The molecule has 0 aliphatic heterocycles. The normalized spacial score (nSPS) is 10.1. The Morgan fingerprint density at radius 3 is 2.78 bits per heavy atom. The van der Waals surface area contributed by atoms with Crippen LogP contribution in [0.3, 0.4) is 0 Å². The van der Waals surface area contributed by atoms with Gasteiger partial charge in [0.15, 0.2) is 0 Å². The smallest absolute Gasteiger partial charge is 0.135 e. The minimum atomic E-state index is -0.436. The first-order valence-electron chi connectivity index (χ1n) is 5.35. The summed E-state index contributed by atoms with van der Waals surface area (Å²) in [6, 6.07) is 6.52. The van der Waals surface area contributed by atoms with Gasteiger partial charge in [-0.3, -0.25) is 4.98 Å². The SMILES string of the molecule is Cc1ccncc1Nc1cccc(F)c1C(N)=S. The van der Waals surface area contributed by atoms with Gasteiger partial charge in [-0.15, -0.1) is 0 Å². The maximum Gasteiger partial charge on any atom is 0.135 e. The van der Waals surface area contributed by atoms with E-state index in [0.29, 0.717) is 5.69 Å². The number of halogens is 1. The summed E-state index contributed by atoms with van der Waals surface area (Å²) >= 11 is 4.87. The number of anilines is 2. The first-order chi connectivity index (χ1) is 8.59. The van der Waals surface area contributed by atoms with Crippen molar-refractivity contribution in [3.8, 4) is 0 Å². The maximum atomic E-state index is 13.7. The van der Waals surface area contributed by atoms with Crippen molar-refractivity contribution in [3.63, 3.8) is 0 Å². The summed E-state index contributed by atoms with van der Waals surface area (Å²) in [5.41, 5.74) is 8.10. The third-order valence-electron chi connectivity index (χ3n) is 2.57. The van der Waals surface area contributed by atoms with Crippen molar-refractivity contribution in [1.29, 1.82) is 0 Å². The van der Waals surface area contributed by atoms with Crippen molar-refractivity contribution >= 4 is 28.6 Å². The molecule has 0 spiro atoms. The van der Waals surface area contributed by atoms with Crippen LogP contribution in [0.1, 0.15) is 11.1 Å². The van der Waals surface area contributed by atoms with Crippen LogP contribution in [-0.4, -0.2) is 9.97 Å². The molecule has 0 aliphatic carbocycles. The topological polar surface area (TPSA) is 50.9 Å². The molecule has 1 aromatic heterocycles. The molecular weight excluding hydrogens is 249 g/mol. The zero-order valence-electron chi connectivity index (χ0n) is 9.77. The number of nitrogens with zero attached hydrogens (tertiary/aromatic N) is 1. The average Bonchev–Trinajstić information content (AvgIpc) is 2.31. The Hall–Kier alpha value is -2.01. The number of aryl methyl sites for hydroxylation is 1. The van der Waals surface area contributed by atoms with E-state index in [2.05, 4.69) is 10.3 Å². The van der Waals surface area contributed by atoms with Crippen LogP contribution in [-0.2, 0) is 0 Å². The highest BCUT2D eigenvalue weighted by molar-refractivity contribution is 7.80. The summed E-state index contributed by atoms with van der Waals surface area (Å²) in [5, 5.41) is 3.09. The first kappa shape index (κ1) is 12.4. The largest absolute Gasteiger partial charge is 0.389 e. The minimum Gasteiger partial charge on any atom is -0.389 e. The second-order valence-corrected chi connectivity index (χ2v) is 4.28. The molecule has 0 unspecified atom stereocenters. The fourth-order valence-electron chi connectivity index (χ4n) is 1.62. The van der Waals surface area contributed by atoms with Crippen molar-refractivity contribution in [1.82, 2.24) is 4.98 Å². The summed E-state index contributed by atoms with van der Waals surface area (Å²) in [6.45, 7) is 1.93. The van der Waals surface area contributed by atoms with Crippen LogP contribution in [0.25, 0.3) is 0 Å². The number of rotatable bonds is 3. The standard InChI is InChI=1S/C13H12FN3S/c1-8-5-6-16-7-11(8)17-10-4-2-3-9(14)12(10)13(15)18/h2-7,17H,1H3,(H2,15,18). The fraction of sp³-hybridized carbons (Fsp3) is 0.0769. The monoisotopic (exact) mass is 261 g/mol. The van der Waals surface area contributed by atoms with Crippen LogP contribution >= 0.6 is 12.2 Å². The second kappa shape index (κ2) is 5.10. The zero-order chi connectivity index (χ0) is 13.1. The number of nitrogens with two attached hydrogens (primary N) is 1. The molecule has 0 saturated carbocycles. The summed E-state index contributed by atoms with van der Waals surface area (Å²) in [6.07, 6.45) is 3.37. The van der Waals surface area contributed by atoms with Gasteiger partial charge in [-0.1, -0.05) is 18.3 Å². The molecule has 3 N–H and O–H groups in total. The van der Waals surface area contributed by atoms with Crippen LogP contribution < -0.4 is 11.1 Å². The van der Waals surface area contributed by atoms with E-state index in [1.54, 1.807) is 24.5 Å². The van der Waals surface area contributed by atoms with Crippen molar-refractivity contribution in [2.24, 2.45) is 5.73 Å². The lowest BCUT2D eigenvalue weighted by Crippen LogP contribution is -2.14. The number of hydrogen-bond acceptors (Lipinski definition) is 3. The number of aromatic nitrogens is 1. The van der Waals surface area contributed by atoms with Gasteiger partial charge >= 0.3 is 0 Å². The van der Waals surface area contributed by atoms with Crippen LogP contribution in [0.4, 0.5) is 15.8 Å². The number of benzene rings is 1. The molecule has 0 radical (unpaired) electrons. The van der Waals surface area contributed by atoms with Gasteiger partial charge in [0.2, 0.25) is 0 Å². The van der Waals surface area contributed by atoms with E-state index < -0.39 is 5.82 Å².